The van der Waals surface area contributed by atoms with Gasteiger partial charge in [0.25, 0.3) is 11.7 Å². The Morgan fingerprint density at radius 3 is 2.52 bits per heavy atom. The van der Waals surface area contributed by atoms with Crippen molar-refractivity contribution >= 4 is 34.8 Å². The lowest BCUT2D eigenvalue weighted by Gasteiger charge is -2.22. The van der Waals surface area contributed by atoms with Crippen molar-refractivity contribution < 1.29 is 19.0 Å². The first-order chi connectivity index (χ1) is 13.0. The molecule has 142 valence electrons. The van der Waals surface area contributed by atoms with Gasteiger partial charge in [-0.05, 0) is 37.6 Å². The van der Waals surface area contributed by atoms with Crippen LogP contribution in [0.2, 0.25) is 10.0 Å². The third-order valence-electron chi connectivity index (χ3n) is 4.73. The monoisotopic (exact) mass is 407 g/mol. The molecule has 0 atom stereocenters. The highest BCUT2D eigenvalue weighted by atomic mass is 35.5. The fourth-order valence-corrected chi connectivity index (χ4v) is 3.84. The Hall–Kier alpha value is -1.79. The van der Waals surface area contributed by atoms with E-state index in [1.807, 2.05) is 31.2 Å². The van der Waals surface area contributed by atoms with Crippen LogP contribution in [0, 0.1) is 6.92 Å². The van der Waals surface area contributed by atoms with Gasteiger partial charge in [0, 0.05) is 12.1 Å². The van der Waals surface area contributed by atoms with Crippen molar-refractivity contribution in [2.24, 2.45) is 0 Å². The van der Waals surface area contributed by atoms with Gasteiger partial charge >= 0.3 is 0 Å². The van der Waals surface area contributed by atoms with Crippen LogP contribution in [0.15, 0.2) is 36.4 Å². The lowest BCUT2D eigenvalue weighted by molar-refractivity contribution is -0.180. The number of carbonyl (C=O) groups excluding carboxylic acids is 1. The average Bonchev–Trinajstić information content (AvgIpc) is 3.24. The summed E-state index contributed by atoms with van der Waals surface area (Å²) in [6, 6.07) is 11.3. The van der Waals surface area contributed by atoms with Crippen LogP contribution in [-0.2, 0) is 20.1 Å². The van der Waals surface area contributed by atoms with Crippen molar-refractivity contribution in [2.45, 2.75) is 19.1 Å². The molecule has 2 aromatic rings. The van der Waals surface area contributed by atoms with Gasteiger partial charge in [0.1, 0.15) is 5.75 Å². The van der Waals surface area contributed by atoms with Crippen molar-refractivity contribution in [3.05, 3.63) is 57.6 Å². The number of halogens is 2. The normalized spacial score (nSPS) is 17.6. The van der Waals surface area contributed by atoms with Gasteiger partial charge in [-0.25, -0.2) is 0 Å². The summed E-state index contributed by atoms with van der Waals surface area (Å²) in [6.45, 7) is 3.63. The van der Waals surface area contributed by atoms with Gasteiger partial charge in [-0.2, -0.15) is 0 Å². The summed E-state index contributed by atoms with van der Waals surface area (Å²) in [6.07, 6.45) is 0.623. The first kappa shape index (κ1) is 18.6. The number of fused-ring (bicyclic) bond motifs is 2. The minimum atomic E-state index is -1.40. The molecule has 2 aliphatic rings. The van der Waals surface area contributed by atoms with Gasteiger partial charge < -0.3 is 19.1 Å². The largest absolute Gasteiger partial charge is 0.494 e. The molecule has 0 N–H and O–H groups in total. The number of hydrogen-bond acceptors (Lipinski definition) is 4. The van der Waals surface area contributed by atoms with Crippen LogP contribution in [0.5, 0.6) is 5.75 Å². The quantitative estimate of drug-likeness (QED) is 0.692. The smallest absolute Gasteiger partial charge is 0.292 e. The maximum absolute atomic E-state index is 13.1. The molecule has 2 aromatic carbocycles. The molecular weight excluding hydrogens is 389 g/mol. The number of ether oxygens (including phenoxy) is 3. The SMILES string of the molecule is Cc1ccc(OCCCN2C(=O)C3(OCCO3)c3ccc(Cl)c(Cl)c32)cc1. The number of amides is 1. The van der Waals surface area contributed by atoms with E-state index in [4.69, 9.17) is 37.4 Å². The Morgan fingerprint density at radius 2 is 1.81 bits per heavy atom. The van der Waals surface area contributed by atoms with Gasteiger partial charge in [0.15, 0.2) is 0 Å². The lowest BCUT2D eigenvalue weighted by Crippen LogP contribution is -2.41. The summed E-state index contributed by atoms with van der Waals surface area (Å²) in [5.41, 5.74) is 2.35. The highest BCUT2D eigenvalue weighted by Crippen LogP contribution is 2.50. The second-order valence-electron chi connectivity index (χ2n) is 6.54. The minimum absolute atomic E-state index is 0.269. The van der Waals surface area contributed by atoms with E-state index in [0.717, 1.165) is 5.75 Å². The van der Waals surface area contributed by atoms with E-state index < -0.39 is 5.79 Å². The number of rotatable bonds is 5. The predicted molar refractivity (Wildman–Crippen MR) is 104 cm³/mol. The molecule has 2 heterocycles. The molecule has 0 aromatic heterocycles. The molecule has 0 saturated carbocycles. The van der Waals surface area contributed by atoms with Crippen molar-refractivity contribution in [3.63, 3.8) is 0 Å². The lowest BCUT2D eigenvalue weighted by atomic mass is 10.1. The van der Waals surface area contributed by atoms with E-state index in [9.17, 15) is 4.79 Å². The van der Waals surface area contributed by atoms with Crippen LogP contribution in [0.1, 0.15) is 17.5 Å². The average molecular weight is 408 g/mol. The zero-order valence-electron chi connectivity index (χ0n) is 14.8. The van der Waals surface area contributed by atoms with Crippen LogP contribution in [0.3, 0.4) is 0 Å². The van der Waals surface area contributed by atoms with Gasteiger partial charge in [0.2, 0.25) is 0 Å². The van der Waals surface area contributed by atoms with Crippen LogP contribution >= 0.6 is 23.2 Å². The number of hydrogen-bond donors (Lipinski definition) is 0. The van der Waals surface area contributed by atoms with E-state index in [-0.39, 0.29) is 5.91 Å². The molecule has 27 heavy (non-hydrogen) atoms. The molecule has 0 unspecified atom stereocenters. The summed E-state index contributed by atoms with van der Waals surface area (Å²) in [5.74, 6) is -0.871. The molecule has 0 bridgehead atoms. The first-order valence-corrected chi connectivity index (χ1v) is 9.56. The highest BCUT2D eigenvalue weighted by molar-refractivity contribution is 6.44. The topological polar surface area (TPSA) is 48.0 Å². The number of nitrogens with zero attached hydrogens (tertiary/aromatic N) is 1. The van der Waals surface area contributed by atoms with Crippen LogP contribution in [-0.4, -0.2) is 32.3 Å². The van der Waals surface area contributed by atoms with Gasteiger partial charge in [-0.1, -0.05) is 40.9 Å². The number of carbonyl (C=O) groups is 1. The molecule has 1 amide bonds. The summed E-state index contributed by atoms with van der Waals surface area (Å²) >= 11 is 12.6. The molecule has 5 nitrogen and oxygen atoms in total. The summed E-state index contributed by atoms with van der Waals surface area (Å²) < 4.78 is 17.2. The van der Waals surface area contributed by atoms with Crippen molar-refractivity contribution in [3.8, 4) is 5.75 Å². The zero-order chi connectivity index (χ0) is 19.0. The molecule has 7 heteroatoms. The second-order valence-corrected chi connectivity index (χ2v) is 7.33. The molecule has 0 radical (unpaired) electrons. The fraction of sp³-hybridized carbons (Fsp3) is 0.350. The van der Waals surface area contributed by atoms with Crippen molar-refractivity contribution in [2.75, 3.05) is 31.3 Å². The van der Waals surface area contributed by atoms with Gasteiger partial charge in [-0.15, -0.1) is 0 Å². The third-order valence-corrected chi connectivity index (χ3v) is 5.52. The summed E-state index contributed by atoms with van der Waals surface area (Å²) in [7, 11) is 0. The standard InChI is InChI=1S/C20H19Cl2NO4/c1-13-3-5-14(6-4-13)25-10-2-9-23-18-15(7-8-16(21)17(18)22)20(19(23)24)26-11-12-27-20/h3-8H,2,9-12H2,1H3. The van der Waals surface area contributed by atoms with E-state index in [2.05, 4.69) is 0 Å². The Bertz CT molecular complexity index is 863. The van der Waals surface area contributed by atoms with E-state index in [1.165, 1.54) is 5.56 Å². The maximum Gasteiger partial charge on any atom is 0.292 e. The molecule has 2 aliphatic heterocycles. The van der Waals surface area contributed by atoms with Gasteiger partial charge in [0.05, 0.1) is 35.6 Å². The Labute approximate surface area is 167 Å². The molecule has 0 aliphatic carbocycles. The number of aryl methyl sites for hydroxylation is 1. The van der Waals surface area contributed by atoms with E-state index in [0.29, 0.717) is 54.1 Å². The van der Waals surface area contributed by atoms with Crippen LogP contribution in [0.25, 0.3) is 0 Å². The highest BCUT2D eigenvalue weighted by Gasteiger charge is 2.56. The molecular formula is C20H19Cl2NO4. The molecule has 1 saturated heterocycles. The molecule has 4 rings (SSSR count). The Kier molecular flexibility index (Phi) is 5.03. The number of benzene rings is 2. The Morgan fingerprint density at radius 1 is 1.11 bits per heavy atom. The van der Waals surface area contributed by atoms with Crippen LogP contribution < -0.4 is 9.64 Å². The number of anilines is 1. The maximum atomic E-state index is 13.1. The summed E-state index contributed by atoms with van der Waals surface area (Å²) in [5, 5.41) is 0.720. The van der Waals surface area contributed by atoms with E-state index >= 15 is 0 Å². The summed E-state index contributed by atoms with van der Waals surface area (Å²) in [4.78, 5) is 14.7. The molecule has 1 spiro atoms. The predicted octanol–water partition coefficient (Wildman–Crippen LogP) is 4.32. The van der Waals surface area contributed by atoms with Crippen molar-refractivity contribution in [1.29, 1.82) is 0 Å². The third kappa shape index (κ3) is 3.19. The molecule has 1 fully saturated rings. The zero-order valence-corrected chi connectivity index (χ0v) is 16.3. The minimum Gasteiger partial charge on any atom is -0.494 e. The van der Waals surface area contributed by atoms with Gasteiger partial charge in [-0.3, -0.25) is 4.79 Å². The first-order valence-electron chi connectivity index (χ1n) is 8.81. The second kappa shape index (κ2) is 7.32. The van der Waals surface area contributed by atoms with Crippen LogP contribution in [0.4, 0.5) is 5.69 Å². The fourth-order valence-electron chi connectivity index (χ4n) is 3.42. The Balaban J connectivity index is 1.50. The van der Waals surface area contributed by atoms with Crippen molar-refractivity contribution in [1.82, 2.24) is 0 Å². The van der Waals surface area contributed by atoms with E-state index in [1.54, 1.807) is 17.0 Å².